The van der Waals surface area contributed by atoms with E-state index in [9.17, 15) is 24.5 Å². The zero-order chi connectivity index (χ0) is 20.6. The molecule has 0 atom stereocenters. The number of carbonyl (C=O) groups excluding carboxylic acids is 2. The van der Waals surface area contributed by atoms with Gasteiger partial charge in [0.1, 0.15) is 12.2 Å². The molecular formula is C18H16N4O6. The van der Waals surface area contributed by atoms with Gasteiger partial charge < -0.3 is 15.0 Å². The second-order valence-corrected chi connectivity index (χ2v) is 6.21. The van der Waals surface area contributed by atoms with Crippen LogP contribution in [0, 0.1) is 24.0 Å². The van der Waals surface area contributed by atoms with Crippen LogP contribution in [-0.2, 0) is 9.59 Å². The highest BCUT2D eigenvalue weighted by Crippen LogP contribution is 2.25. The fourth-order valence-electron chi connectivity index (χ4n) is 3.08. The van der Waals surface area contributed by atoms with Crippen LogP contribution in [0.15, 0.2) is 36.0 Å². The molecule has 0 unspecified atom stereocenters. The lowest BCUT2D eigenvalue weighted by molar-refractivity contribution is -0.384. The minimum absolute atomic E-state index is 0.0365. The summed E-state index contributed by atoms with van der Waals surface area (Å²) in [7, 11) is 0. The molecule has 1 fully saturated rings. The standard InChI is InChI=1S/C18H16N4O6/c1-10-6-12(7-15-17(25)20(9-16(23)24)18(26)19-15)11(2)21(10)13-4-3-5-14(8-13)22(27)28/h3-8H,9H2,1-2H3,(H,19,26)(H,23,24)/b15-7+. The number of nitrogens with zero attached hydrogens (tertiary/aromatic N) is 3. The topological polar surface area (TPSA) is 135 Å². The van der Waals surface area contributed by atoms with Gasteiger partial charge in [0.05, 0.1) is 10.6 Å². The Balaban J connectivity index is 1.99. The Hall–Kier alpha value is -3.95. The molecule has 2 aromatic rings. The molecule has 1 aliphatic rings. The van der Waals surface area contributed by atoms with Crippen LogP contribution >= 0.6 is 0 Å². The number of nitro benzene ring substituents is 1. The van der Waals surface area contributed by atoms with E-state index in [-0.39, 0.29) is 11.4 Å². The molecule has 28 heavy (non-hydrogen) atoms. The van der Waals surface area contributed by atoms with Crippen molar-refractivity contribution in [1.29, 1.82) is 0 Å². The number of imide groups is 1. The monoisotopic (exact) mass is 384 g/mol. The maximum absolute atomic E-state index is 12.3. The summed E-state index contributed by atoms with van der Waals surface area (Å²) < 4.78 is 1.79. The Bertz CT molecular complexity index is 1050. The molecule has 2 heterocycles. The molecule has 10 heteroatoms. The highest BCUT2D eigenvalue weighted by molar-refractivity contribution is 6.15. The molecule has 3 amide bonds. The molecule has 0 radical (unpaired) electrons. The van der Waals surface area contributed by atoms with Crippen molar-refractivity contribution < 1.29 is 24.4 Å². The second kappa shape index (κ2) is 6.99. The van der Waals surface area contributed by atoms with Gasteiger partial charge in [-0.1, -0.05) is 6.07 Å². The van der Waals surface area contributed by atoms with Gasteiger partial charge in [0.25, 0.3) is 11.6 Å². The van der Waals surface area contributed by atoms with Gasteiger partial charge in [-0.2, -0.15) is 0 Å². The lowest BCUT2D eigenvalue weighted by atomic mass is 10.2. The normalized spacial score (nSPS) is 15.2. The summed E-state index contributed by atoms with van der Waals surface area (Å²) in [5.41, 5.74) is 2.58. The van der Waals surface area contributed by atoms with Gasteiger partial charge in [-0.05, 0) is 37.6 Å². The van der Waals surface area contributed by atoms with Gasteiger partial charge in [0.2, 0.25) is 0 Å². The number of aliphatic carboxylic acids is 1. The van der Waals surface area contributed by atoms with E-state index in [1.54, 1.807) is 36.6 Å². The van der Waals surface area contributed by atoms with Gasteiger partial charge >= 0.3 is 12.0 Å². The van der Waals surface area contributed by atoms with Crippen LogP contribution in [0.25, 0.3) is 11.8 Å². The van der Waals surface area contributed by atoms with Gasteiger partial charge in [-0.15, -0.1) is 0 Å². The number of urea groups is 1. The first kappa shape index (κ1) is 18.8. The molecule has 144 valence electrons. The van der Waals surface area contributed by atoms with Crippen molar-refractivity contribution in [2.24, 2.45) is 0 Å². The first-order chi connectivity index (χ1) is 13.2. The van der Waals surface area contributed by atoms with Crippen molar-refractivity contribution in [2.45, 2.75) is 13.8 Å². The summed E-state index contributed by atoms with van der Waals surface area (Å²) in [5, 5.41) is 22.2. The number of benzene rings is 1. The van der Waals surface area contributed by atoms with E-state index in [0.29, 0.717) is 21.8 Å². The highest BCUT2D eigenvalue weighted by atomic mass is 16.6. The van der Waals surface area contributed by atoms with E-state index in [1.165, 1.54) is 18.2 Å². The zero-order valence-corrected chi connectivity index (χ0v) is 15.0. The number of amides is 3. The fourth-order valence-corrected chi connectivity index (χ4v) is 3.08. The Morgan fingerprint density at radius 3 is 2.64 bits per heavy atom. The predicted molar refractivity (Wildman–Crippen MR) is 97.8 cm³/mol. The Morgan fingerprint density at radius 2 is 2.00 bits per heavy atom. The van der Waals surface area contributed by atoms with Gasteiger partial charge in [-0.25, -0.2) is 9.69 Å². The number of carboxylic acid groups (broad SMARTS) is 1. The van der Waals surface area contributed by atoms with E-state index < -0.39 is 29.4 Å². The molecule has 1 saturated heterocycles. The summed E-state index contributed by atoms with van der Waals surface area (Å²) >= 11 is 0. The Labute approximate surface area is 158 Å². The largest absolute Gasteiger partial charge is 0.480 e. The molecule has 0 saturated carbocycles. The number of aryl methyl sites for hydroxylation is 1. The average molecular weight is 384 g/mol. The third-order valence-electron chi connectivity index (χ3n) is 4.32. The van der Waals surface area contributed by atoms with Crippen LogP contribution in [-0.4, -0.2) is 43.9 Å². The van der Waals surface area contributed by atoms with Crippen LogP contribution in [0.5, 0.6) is 0 Å². The molecule has 1 aromatic heterocycles. The SMILES string of the molecule is Cc1cc(/C=C2/NC(=O)N(CC(=O)O)C2=O)c(C)n1-c1cccc([N+](=O)[O-])c1. The summed E-state index contributed by atoms with van der Waals surface area (Å²) in [6.45, 7) is 2.85. The van der Waals surface area contributed by atoms with Crippen LogP contribution in [0.4, 0.5) is 10.5 Å². The minimum Gasteiger partial charge on any atom is -0.480 e. The number of rotatable bonds is 5. The minimum atomic E-state index is -1.30. The quantitative estimate of drug-likeness (QED) is 0.350. The number of aromatic nitrogens is 1. The number of nitrogens with one attached hydrogen (secondary N) is 1. The molecule has 2 N–H and O–H groups in total. The van der Waals surface area contributed by atoms with Gasteiger partial charge in [0.15, 0.2) is 0 Å². The zero-order valence-electron chi connectivity index (χ0n) is 15.0. The van der Waals surface area contributed by atoms with Crippen LogP contribution in [0.3, 0.4) is 0 Å². The summed E-state index contributed by atoms with van der Waals surface area (Å²) in [5.74, 6) is -2.03. The van der Waals surface area contributed by atoms with Crippen molar-refractivity contribution >= 4 is 29.7 Å². The number of carbonyl (C=O) groups is 3. The first-order valence-corrected chi connectivity index (χ1v) is 8.19. The summed E-state index contributed by atoms with van der Waals surface area (Å²) in [6, 6.07) is 7.10. The van der Waals surface area contributed by atoms with Crippen molar-refractivity contribution in [3.8, 4) is 5.69 Å². The Morgan fingerprint density at radius 1 is 1.29 bits per heavy atom. The Kier molecular flexibility index (Phi) is 4.70. The molecule has 0 spiro atoms. The van der Waals surface area contributed by atoms with E-state index in [1.807, 2.05) is 0 Å². The van der Waals surface area contributed by atoms with E-state index in [0.717, 1.165) is 5.69 Å². The first-order valence-electron chi connectivity index (χ1n) is 8.19. The maximum Gasteiger partial charge on any atom is 0.329 e. The molecule has 10 nitrogen and oxygen atoms in total. The second-order valence-electron chi connectivity index (χ2n) is 6.21. The van der Waals surface area contributed by atoms with E-state index >= 15 is 0 Å². The number of nitro groups is 1. The van der Waals surface area contributed by atoms with Gasteiger partial charge in [0, 0.05) is 23.5 Å². The van der Waals surface area contributed by atoms with Crippen LogP contribution in [0.1, 0.15) is 17.0 Å². The van der Waals surface area contributed by atoms with Crippen molar-refractivity contribution in [1.82, 2.24) is 14.8 Å². The lowest BCUT2D eigenvalue weighted by Crippen LogP contribution is -2.35. The lowest BCUT2D eigenvalue weighted by Gasteiger charge is -2.09. The van der Waals surface area contributed by atoms with Crippen LogP contribution in [0.2, 0.25) is 0 Å². The molecule has 1 aliphatic heterocycles. The fraction of sp³-hybridized carbons (Fsp3) is 0.167. The smallest absolute Gasteiger partial charge is 0.329 e. The number of non-ortho nitro benzene ring substituents is 1. The highest BCUT2D eigenvalue weighted by Gasteiger charge is 2.35. The number of hydrogen-bond donors (Lipinski definition) is 2. The van der Waals surface area contributed by atoms with E-state index in [4.69, 9.17) is 5.11 Å². The van der Waals surface area contributed by atoms with Crippen molar-refractivity contribution in [3.63, 3.8) is 0 Å². The predicted octanol–water partition coefficient (Wildman–Crippen LogP) is 1.98. The van der Waals surface area contributed by atoms with Crippen LogP contribution < -0.4 is 5.32 Å². The van der Waals surface area contributed by atoms with Gasteiger partial charge in [-0.3, -0.25) is 19.7 Å². The average Bonchev–Trinajstić information content (AvgIpc) is 3.05. The molecular weight excluding hydrogens is 368 g/mol. The molecule has 3 rings (SSSR count). The third kappa shape index (κ3) is 3.34. The van der Waals surface area contributed by atoms with E-state index in [2.05, 4.69) is 5.32 Å². The van der Waals surface area contributed by atoms with Crippen molar-refractivity contribution in [2.75, 3.05) is 6.54 Å². The summed E-state index contributed by atoms with van der Waals surface area (Å²) in [4.78, 5) is 46.0. The molecule has 0 aliphatic carbocycles. The molecule has 1 aromatic carbocycles. The summed E-state index contributed by atoms with van der Waals surface area (Å²) in [6.07, 6.45) is 1.46. The third-order valence-corrected chi connectivity index (χ3v) is 4.32. The number of carboxylic acids is 1. The number of hydrogen-bond acceptors (Lipinski definition) is 5. The maximum atomic E-state index is 12.3. The van der Waals surface area contributed by atoms with Crippen molar-refractivity contribution in [3.05, 3.63) is 63.1 Å². The molecule has 0 bridgehead atoms.